The molecule has 0 saturated heterocycles. The summed E-state index contributed by atoms with van der Waals surface area (Å²) in [4.78, 5) is 0. The van der Waals surface area contributed by atoms with Crippen molar-refractivity contribution in [2.75, 3.05) is 0 Å². The zero-order valence-corrected chi connectivity index (χ0v) is 9.43. The average molecular weight is 190 g/mol. The summed E-state index contributed by atoms with van der Waals surface area (Å²) >= 11 is 0. The summed E-state index contributed by atoms with van der Waals surface area (Å²) in [5.74, 6) is 0. The zero-order chi connectivity index (χ0) is 10.3. The van der Waals surface area contributed by atoms with E-state index < -0.39 is 0 Å². The Labute approximate surface area is 86.3 Å². The van der Waals surface area contributed by atoms with Gasteiger partial charge in [0.15, 0.2) is 0 Å². The van der Waals surface area contributed by atoms with Crippen LogP contribution in [0.4, 0.5) is 0 Å². The van der Waals surface area contributed by atoms with Crippen LogP contribution in [0.1, 0.15) is 49.9 Å². The van der Waals surface area contributed by atoms with Crippen LogP contribution in [0, 0.1) is 0 Å². The third-order valence-corrected chi connectivity index (χ3v) is 3.21. The molecule has 0 saturated carbocycles. The molecule has 0 fully saturated rings. The molecule has 0 amide bonds. The van der Waals surface area contributed by atoms with Gasteiger partial charge in [0, 0.05) is 12.0 Å². The summed E-state index contributed by atoms with van der Waals surface area (Å²) in [5, 5.41) is 0. The van der Waals surface area contributed by atoms with Gasteiger partial charge in [0.2, 0.25) is 0 Å². The molecule has 0 heterocycles. The Balaban J connectivity index is 2.42. The Morgan fingerprint density at radius 2 is 2.00 bits per heavy atom. The highest BCUT2D eigenvalue weighted by Crippen LogP contribution is 2.32. The summed E-state index contributed by atoms with van der Waals surface area (Å²) in [6, 6.07) is 7.45. The van der Waals surface area contributed by atoms with E-state index in [-0.39, 0.29) is 5.41 Å². The van der Waals surface area contributed by atoms with E-state index in [1.165, 1.54) is 29.5 Å². The molecule has 0 aliphatic heterocycles. The molecule has 0 radical (unpaired) electrons. The molecule has 0 spiro atoms. The molecule has 0 aromatic heterocycles. The van der Waals surface area contributed by atoms with Gasteiger partial charge in [-0.15, -0.1) is 0 Å². The quantitative estimate of drug-likeness (QED) is 0.649. The normalized spacial score (nSPS) is 21.0. The number of benzene rings is 1. The predicted octanol–water partition coefficient (Wildman–Crippen LogP) is 2.21. The van der Waals surface area contributed by atoms with E-state index >= 15 is 0 Å². The number of quaternary nitrogens is 1. The standard InChI is InChI=1S/C13H19N/c1-13(2,3)10-5-6-11-9(8-10)4-7-12(11)14/h5-6,8,12H,4,7,14H2,1-3H3/p+1. The lowest BCUT2D eigenvalue weighted by Gasteiger charge is -2.20. The van der Waals surface area contributed by atoms with E-state index in [9.17, 15) is 0 Å². The fraction of sp³-hybridized carbons (Fsp3) is 0.538. The number of hydrogen-bond acceptors (Lipinski definition) is 0. The number of aryl methyl sites for hydroxylation is 1. The first-order chi connectivity index (χ1) is 6.48. The van der Waals surface area contributed by atoms with Crippen LogP contribution in [0.3, 0.4) is 0 Å². The third-order valence-electron chi connectivity index (χ3n) is 3.21. The van der Waals surface area contributed by atoms with Gasteiger partial charge in [-0.3, -0.25) is 0 Å². The fourth-order valence-electron chi connectivity index (χ4n) is 2.17. The van der Waals surface area contributed by atoms with Crippen molar-refractivity contribution in [3.8, 4) is 0 Å². The lowest BCUT2D eigenvalue weighted by Crippen LogP contribution is -2.52. The lowest BCUT2D eigenvalue weighted by atomic mass is 9.85. The number of rotatable bonds is 0. The Morgan fingerprint density at radius 1 is 1.29 bits per heavy atom. The molecule has 1 aromatic rings. The number of fused-ring (bicyclic) bond motifs is 1. The topological polar surface area (TPSA) is 27.6 Å². The van der Waals surface area contributed by atoms with Gasteiger partial charge in [-0.25, -0.2) is 0 Å². The third kappa shape index (κ3) is 1.57. The monoisotopic (exact) mass is 190 g/mol. The van der Waals surface area contributed by atoms with Gasteiger partial charge in [0.1, 0.15) is 6.04 Å². The molecule has 2 rings (SSSR count). The van der Waals surface area contributed by atoms with Gasteiger partial charge in [0.05, 0.1) is 0 Å². The maximum absolute atomic E-state index is 4.17. The summed E-state index contributed by atoms with van der Waals surface area (Å²) in [6.07, 6.45) is 2.44. The molecule has 1 heteroatoms. The summed E-state index contributed by atoms with van der Waals surface area (Å²) in [6.45, 7) is 6.81. The summed E-state index contributed by atoms with van der Waals surface area (Å²) in [5.41, 5.74) is 8.89. The van der Waals surface area contributed by atoms with Crippen molar-refractivity contribution in [1.29, 1.82) is 0 Å². The van der Waals surface area contributed by atoms with Gasteiger partial charge in [-0.05, 0) is 23.0 Å². The predicted molar refractivity (Wildman–Crippen MR) is 59.1 cm³/mol. The van der Waals surface area contributed by atoms with Crippen molar-refractivity contribution in [1.82, 2.24) is 0 Å². The van der Waals surface area contributed by atoms with Crippen LogP contribution in [0.5, 0.6) is 0 Å². The van der Waals surface area contributed by atoms with Crippen LogP contribution in [-0.2, 0) is 11.8 Å². The van der Waals surface area contributed by atoms with Crippen LogP contribution in [-0.4, -0.2) is 0 Å². The Morgan fingerprint density at radius 3 is 2.64 bits per heavy atom. The van der Waals surface area contributed by atoms with Crippen LogP contribution in [0.15, 0.2) is 18.2 Å². The van der Waals surface area contributed by atoms with E-state index in [1.807, 2.05) is 0 Å². The maximum atomic E-state index is 4.17. The fourth-order valence-corrected chi connectivity index (χ4v) is 2.17. The molecule has 1 unspecified atom stereocenters. The van der Waals surface area contributed by atoms with E-state index in [1.54, 1.807) is 0 Å². The molecule has 1 aromatic carbocycles. The molecule has 1 atom stereocenters. The molecular weight excluding hydrogens is 170 g/mol. The van der Waals surface area contributed by atoms with Gasteiger partial charge < -0.3 is 5.73 Å². The second-order valence-electron chi connectivity index (χ2n) is 5.40. The van der Waals surface area contributed by atoms with E-state index in [0.717, 1.165) is 0 Å². The van der Waals surface area contributed by atoms with Crippen LogP contribution in [0.2, 0.25) is 0 Å². The van der Waals surface area contributed by atoms with Crippen LogP contribution < -0.4 is 5.73 Å². The van der Waals surface area contributed by atoms with Crippen molar-refractivity contribution >= 4 is 0 Å². The highest BCUT2D eigenvalue weighted by molar-refractivity contribution is 5.39. The van der Waals surface area contributed by atoms with Crippen molar-refractivity contribution < 1.29 is 5.73 Å². The van der Waals surface area contributed by atoms with Crippen LogP contribution >= 0.6 is 0 Å². The average Bonchev–Trinajstić information content (AvgIpc) is 2.46. The minimum absolute atomic E-state index is 0.272. The molecule has 14 heavy (non-hydrogen) atoms. The molecule has 1 aliphatic rings. The summed E-state index contributed by atoms with van der Waals surface area (Å²) in [7, 11) is 0. The van der Waals surface area contributed by atoms with E-state index in [2.05, 4.69) is 44.7 Å². The smallest absolute Gasteiger partial charge is 0.111 e. The molecule has 0 bridgehead atoms. The van der Waals surface area contributed by atoms with Gasteiger partial charge in [-0.1, -0.05) is 39.0 Å². The highest BCUT2D eigenvalue weighted by atomic mass is 14.6. The van der Waals surface area contributed by atoms with Gasteiger partial charge in [-0.2, -0.15) is 0 Å². The second-order valence-corrected chi connectivity index (χ2v) is 5.40. The molecule has 3 N–H and O–H groups in total. The Hall–Kier alpha value is -0.820. The highest BCUT2D eigenvalue weighted by Gasteiger charge is 2.23. The largest absolute Gasteiger partial charge is 0.351 e. The van der Waals surface area contributed by atoms with Crippen molar-refractivity contribution in [3.05, 3.63) is 34.9 Å². The van der Waals surface area contributed by atoms with E-state index in [4.69, 9.17) is 0 Å². The maximum Gasteiger partial charge on any atom is 0.111 e. The zero-order valence-electron chi connectivity index (χ0n) is 9.43. The molecule has 1 nitrogen and oxygen atoms in total. The molecule has 76 valence electrons. The SMILES string of the molecule is CC(C)(C)c1ccc2c(c1)CCC2[NH3+]. The van der Waals surface area contributed by atoms with Crippen LogP contribution in [0.25, 0.3) is 0 Å². The molecule has 1 aliphatic carbocycles. The second kappa shape index (κ2) is 3.09. The van der Waals surface area contributed by atoms with Gasteiger partial charge >= 0.3 is 0 Å². The summed E-state index contributed by atoms with van der Waals surface area (Å²) < 4.78 is 0. The van der Waals surface area contributed by atoms with Crippen molar-refractivity contribution in [2.45, 2.75) is 45.1 Å². The first-order valence-corrected chi connectivity index (χ1v) is 5.45. The van der Waals surface area contributed by atoms with E-state index in [0.29, 0.717) is 6.04 Å². The first-order valence-electron chi connectivity index (χ1n) is 5.45. The van der Waals surface area contributed by atoms with Crippen molar-refractivity contribution in [2.24, 2.45) is 0 Å². The minimum Gasteiger partial charge on any atom is -0.351 e. The minimum atomic E-state index is 0.272. The first kappa shape index (κ1) is 9.72. The Kier molecular flexibility index (Phi) is 2.15. The van der Waals surface area contributed by atoms with Gasteiger partial charge in [0.25, 0.3) is 0 Å². The number of hydrogen-bond donors (Lipinski definition) is 1. The van der Waals surface area contributed by atoms with Crippen molar-refractivity contribution in [3.63, 3.8) is 0 Å². The lowest BCUT2D eigenvalue weighted by molar-refractivity contribution is -0.425. The Bertz CT molecular complexity index is 347. The molecular formula is C13H20N+.